The highest BCUT2D eigenvalue weighted by Gasteiger charge is 2.41. The lowest BCUT2D eigenvalue weighted by atomic mass is 10.2. The molecule has 9 nitrogen and oxygen atoms in total. The second-order valence-corrected chi connectivity index (χ2v) is 7.71. The molecule has 1 unspecified atom stereocenters. The van der Waals surface area contributed by atoms with E-state index >= 15 is 0 Å². The van der Waals surface area contributed by atoms with E-state index in [1.54, 1.807) is 12.1 Å². The van der Waals surface area contributed by atoms with E-state index in [-0.39, 0.29) is 23.1 Å². The number of carbonyl (C=O) groups is 1. The molecule has 0 radical (unpaired) electrons. The molecule has 0 saturated carbocycles. The monoisotopic (exact) mass is 392 g/mol. The van der Waals surface area contributed by atoms with Gasteiger partial charge in [0.25, 0.3) is 0 Å². The van der Waals surface area contributed by atoms with Crippen LogP contribution in [0.4, 0.5) is 5.95 Å². The van der Waals surface area contributed by atoms with Crippen LogP contribution in [0.5, 0.6) is 11.5 Å². The van der Waals surface area contributed by atoms with Crippen molar-refractivity contribution < 1.29 is 22.7 Å². The molecule has 27 heavy (non-hydrogen) atoms. The van der Waals surface area contributed by atoms with E-state index < -0.39 is 22.0 Å². The minimum atomic E-state index is -3.97. The van der Waals surface area contributed by atoms with E-state index in [1.165, 1.54) is 43.1 Å². The van der Waals surface area contributed by atoms with Crippen LogP contribution in [-0.2, 0) is 14.8 Å². The maximum absolute atomic E-state index is 13.2. The molecule has 1 aliphatic heterocycles. The Balaban J connectivity index is 1.90. The number of amides is 1. The Bertz CT molecular complexity index is 920. The minimum Gasteiger partial charge on any atom is -0.497 e. The molecular weight excluding hydrogens is 372 g/mol. The summed E-state index contributed by atoms with van der Waals surface area (Å²) >= 11 is 0. The first kappa shape index (κ1) is 19.1. The normalized spacial score (nSPS) is 17.5. The molecule has 144 valence electrons. The van der Waals surface area contributed by atoms with E-state index in [1.807, 2.05) is 0 Å². The first-order valence-electron chi connectivity index (χ1n) is 8.29. The van der Waals surface area contributed by atoms with Crippen molar-refractivity contribution >= 4 is 21.9 Å². The summed E-state index contributed by atoms with van der Waals surface area (Å²) in [5.41, 5.74) is 0. The Morgan fingerprint density at radius 1 is 1.22 bits per heavy atom. The number of aromatic nitrogens is 2. The number of nitrogens with one attached hydrogen (secondary N) is 1. The standard InChI is InChI=1S/C17H20N4O5S/c1-25-12-6-7-14(26-2)15(11-12)27(23,24)21-10-3-5-13(21)16(22)20-17-18-8-4-9-19-17/h4,6-9,11,13H,3,5,10H2,1-2H3,(H,18,19,20,22). The van der Waals surface area contributed by atoms with Crippen LogP contribution in [0.25, 0.3) is 0 Å². The molecule has 3 rings (SSSR count). The van der Waals surface area contributed by atoms with Gasteiger partial charge in [0.15, 0.2) is 0 Å². The zero-order valence-electron chi connectivity index (χ0n) is 15.0. The molecule has 1 atom stereocenters. The Hall–Kier alpha value is -2.72. The lowest BCUT2D eigenvalue weighted by molar-refractivity contribution is -0.119. The number of ether oxygens (including phenoxy) is 2. The predicted octanol–water partition coefficient (Wildman–Crippen LogP) is 1.29. The number of hydrogen-bond donors (Lipinski definition) is 1. The van der Waals surface area contributed by atoms with Crippen LogP contribution in [0.2, 0.25) is 0 Å². The van der Waals surface area contributed by atoms with Crippen LogP contribution >= 0.6 is 0 Å². The van der Waals surface area contributed by atoms with Gasteiger partial charge >= 0.3 is 0 Å². The van der Waals surface area contributed by atoms with Crippen LogP contribution < -0.4 is 14.8 Å². The zero-order valence-corrected chi connectivity index (χ0v) is 15.8. The molecule has 2 aromatic rings. The van der Waals surface area contributed by atoms with E-state index in [4.69, 9.17) is 9.47 Å². The van der Waals surface area contributed by atoms with Crippen LogP contribution in [0.15, 0.2) is 41.6 Å². The van der Waals surface area contributed by atoms with E-state index in [0.29, 0.717) is 18.6 Å². The highest BCUT2D eigenvalue weighted by molar-refractivity contribution is 7.89. The van der Waals surface area contributed by atoms with Gasteiger partial charge in [-0.3, -0.25) is 10.1 Å². The van der Waals surface area contributed by atoms with Crippen molar-refractivity contribution in [2.75, 3.05) is 26.1 Å². The van der Waals surface area contributed by atoms with Crippen molar-refractivity contribution in [1.82, 2.24) is 14.3 Å². The summed E-state index contributed by atoms with van der Waals surface area (Å²) in [5.74, 6) is 0.232. The zero-order chi connectivity index (χ0) is 19.4. The number of rotatable bonds is 6. The third kappa shape index (κ3) is 3.86. The summed E-state index contributed by atoms with van der Waals surface area (Å²) in [7, 11) is -1.13. The largest absolute Gasteiger partial charge is 0.497 e. The van der Waals surface area contributed by atoms with Gasteiger partial charge in [-0.25, -0.2) is 18.4 Å². The van der Waals surface area contributed by atoms with Crippen LogP contribution in [0.3, 0.4) is 0 Å². The summed E-state index contributed by atoms with van der Waals surface area (Å²) < 4.78 is 38.0. The van der Waals surface area contributed by atoms with Gasteiger partial charge in [-0.15, -0.1) is 0 Å². The number of anilines is 1. The number of nitrogens with zero attached hydrogens (tertiary/aromatic N) is 3. The number of hydrogen-bond acceptors (Lipinski definition) is 7. The van der Waals surface area contributed by atoms with Crippen molar-refractivity contribution in [3.63, 3.8) is 0 Å². The Kier molecular flexibility index (Phi) is 5.57. The Morgan fingerprint density at radius 2 is 1.96 bits per heavy atom. The third-order valence-corrected chi connectivity index (χ3v) is 6.19. The summed E-state index contributed by atoms with van der Waals surface area (Å²) in [6, 6.07) is 5.29. The van der Waals surface area contributed by atoms with E-state index in [9.17, 15) is 13.2 Å². The average molecular weight is 392 g/mol. The number of methoxy groups -OCH3 is 2. The van der Waals surface area contributed by atoms with Gasteiger partial charge in [0.2, 0.25) is 21.9 Å². The first-order valence-corrected chi connectivity index (χ1v) is 9.73. The van der Waals surface area contributed by atoms with Crippen LogP contribution in [-0.4, -0.2) is 55.4 Å². The molecule has 1 fully saturated rings. The molecule has 0 bridgehead atoms. The van der Waals surface area contributed by atoms with Gasteiger partial charge in [-0.1, -0.05) is 0 Å². The van der Waals surface area contributed by atoms with Crippen molar-refractivity contribution in [2.24, 2.45) is 0 Å². The van der Waals surface area contributed by atoms with Gasteiger partial charge in [-0.2, -0.15) is 4.31 Å². The summed E-state index contributed by atoms with van der Waals surface area (Å²) in [5, 5.41) is 2.57. The van der Waals surface area contributed by atoms with Gasteiger partial charge < -0.3 is 9.47 Å². The molecule has 0 spiro atoms. The predicted molar refractivity (Wildman–Crippen MR) is 97.1 cm³/mol. The van der Waals surface area contributed by atoms with Gasteiger partial charge in [0.1, 0.15) is 22.4 Å². The fourth-order valence-corrected chi connectivity index (χ4v) is 4.79. The maximum Gasteiger partial charge on any atom is 0.247 e. The SMILES string of the molecule is COc1ccc(OC)c(S(=O)(=O)N2CCCC2C(=O)Nc2ncccn2)c1. The maximum atomic E-state index is 13.2. The molecule has 10 heteroatoms. The molecule has 1 aromatic carbocycles. The summed E-state index contributed by atoms with van der Waals surface area (Å²) in [6.45, 7) is 0.233. The fraction of sp³-hybridized carbons (Fsp3) is 0.353. The molecular formula is C17H20N4O5S. The van der Waals surface area contributed by atoms with Crippen molar-refractivity contribution in [3.8, 4) is 11.5 Å². The van der Waals surface area contributed by atoms with Gasteiger partial charge in [0.05, 0.1) is 14.2 Å². The number of benzene rings is 1. The molecule has 1 saturated heterocycles. The minimum absolute atomic E-state index is 0.0417. The summed E-state index contributed by atoms with van der Waals surface area (Å²) in [6.07, 6.45) is 3.96. The van der Waals surface area contributed by atoms with Gasteiger partial charge in [0, 0.05) is 25.0 Å². The average Bonchev–Trinajstić information content (AvgIpc) is 3.19. The second kappa shape index (κ2) is 7.89. The van der Waals surface area contributed by atoms with Gasteiger partial charge in [-0.05, 0) is 31.0 Å². The van der Waals surface area contributed by atoms with E-state index in [2.05, 4.69) is 15.3 Å². The quantitative estimate of drug-likeness (QED) is 0.788. The molecule has 0 aliphatic carbocycles. The van der Waals surface area contributed by atoms with E-state index in [0.717, 1.165) is 0 Å². The molecule has 1 aliphatic rings. The lowest BCUT2D eigenvalue weighted by Crippen LogP contribution is -2.43. The van der Waals surface area contributed by atoms with Crippen LogP contribution in [0.1, 0.15) is 12.8 Å². The van der Waals surface area contributed by atoms with Crippen molar-refractivity contribution in [3.05, 3.63) is 36.7 Å². The molecule has 2 heterocycles. The molecule has 1 N–H and O–H groups in total. The Morgan fingerprint density at radius 3 is 2.63 bits per heavy atom. The highest BCUT2D eigenvalue weighted by atomic mass is 32.2. The third-order valence-electron chi connectivity index (χ3n) is 4.26. The number of carbonyl (C=O) groups excluding carboxylic acids is 1. The topological polar surface area (TPSA) is 111 Å². The lowest BCUT2D eigenvalue weighted by Gasteiger charge is -2.24. The molecule has 1 aromatic heterocycles. The second-order valence-electron chi connectivity index (χ2n) is 5.85. The molecule has 1 amide bonds. The van der Waals surface area contributed by atoms with Crippen molar-refractivity contribution in [2.45, 2.75) is 23.8 Å². The number of sulfonamides is 1. The van der Waals surface area contributed by atoms with Crippen molar-refractivity contribution in [1.29, 1.82) is 0 Å². The highest BCUT2D eigenvalue weighted by Crippen LogP contribution is 2.34. The van der Waals surface area contributed by atoms with Crippen LogP contribution in [0, 0.1) is 0 Å². The summed E-state index contributed by atoms with van der Waals surface area (Å²) in [4.78, 5) is 20.5. The smallest absolute Gasteiger partial charge is 0.247 e. The fourth-order valence-electron chi connectivity index (χ4n) is 2.96. The first-order chi connectivity index (χ1) is 13.0. The Labute approximate surface area is 157 Å².